The van der Waals surface area contributed by atoms with Gasteiger partial charge >= 0.3 is 0 Å². The van der Waals surface area contributed by atoms with Crippen LogP contribution in [0.3, 0.4) is 0 Å². The maximum atomic E-state index is 10.5. The van der Waals surface area contributed by atoms with Crippen molar-refractivity contribution in [3.63, 3.8) is 0 Å². The Bertz CT molecular complexity index is 1480. The summed E-state index contributed by atoms with van der Waals surface area (Å²) >= 11 is 0. The van der Waals surface area contributed by atoms with Gasteiger partial charge in [-0.1, -0.05) is 12.1 Å². The smallest absolute Gasteiger partial charge is 0.239 e. The number of imidazole rings is 2. The van der Waals surface area contributed by atoms with Gasteiger partial charge in [0.1, 0.15) is 11.6 Å². The van der Waals surface area contributed by atoms with Crippen molar-refractivity contribution >= 4 is 28.0 Å². The second-order valence-corrected chi connectivity index (χ2v) is 11.4. The van der Waals surface area contributed by atoms with Crippen LogP contribution in [0.1, 0.15) is 25.5 Å². The summed E-state index contributed by atoms with van der Waals surface area (Å²) < 4.78 is 9.79. The Morgan fingerprint density at radius 3 is 2.49 bits per heavy atom. The van der Waals surface area contributed by atoms with Gasteiger partial charge in [-0.15, -0.1) is 0 Å². The third kappa shape index (κ3) is 3.72. The van der Waals surface area contributed by atoms with Crippen LogP contribution in [-0.2, 0) is 18.3 Å². The number of ether oxygens (including phenoxy) is 1. The third-order valence-electron chi connectivity index (χ3n) is 8.47. The zero-order valence-electron chi connectivity index (χ0n) is 21.9. The monoisotopic (exact) mass is 502 g/mol. The molecular formula is C27H34N8O2. The van der Waals surface area contributed by atoms with E-state index in [0.29, 0.717) is 36.9 Å². The number of morpholine rings is 1. The Hall–Kier alpha value is -3.08. The summed E-state index contributed by atoms with van der Waals surface area (Å²) in [6, 6.07) is 8.10. The molecule has 1 aliphatic carbocycles. The van der Waals surface area contributed by atoms with Gasteiger partial charge < -0.3 is 19.3 Å². The molecule has 3 aromatic heterocycles. The third-order valence-corrected chi connectivity index (χ3v) is 8.47. The largest absolute Gasteiger partial charge is 0.390 e. The number of para-hydroxylation sites is 2. The lowest BCUT2D eigenvalue weighted by atomic mass is 9.99. The number of likely N-dealkylation sites (tertiary alicyclic amines) is 1. The van der Waals surface area contributed by atoms with E-state index in [9.17, 15) is 5.11 Å². The molecule has 1 unspecified atom stereocenters. The van der Waals surface area contributed by atoms with Gasteiger partial charge in [0.25, 0.3) is 0 Å². The first kappa shape index (κ1) is 23.1. The number of aryl methyl sites for hydroxylation is 2. The molecule has 2 saturated heterocycles. The van der Waals surface area contributed by atoms with Crippen LogP contribution in [0, 0.1) is 24.7 Å². The quantitative estimate of drug-likeness (QED) is 0.444. The number of fused-ring (bicyclic) bond motifs is 3. The van der Waals surface area contributed by atoms with Gasteiger partial charge in [-0.2, -0.15) is 9.97 Å². The van der Waals surface area contributed by atoms with Crippen LogP contribution >= 0.6 is 0 Å². The first-order valence-corrected chi connectivity index (χ1v) is 13.2. The van der Waals surface area contributed by atoms with Gasteiger partial charge in [0, 0.05) is 33.2 Å². The zero-order valence-corrected chi connectivity index (χ0v) is 21.9. The fourth-order valence-electron chi connectivity index (χ4n) is 6.71. The second-order valence-electron chi connectivity index (χ2n) is 11.4. The fraction of sp³-hybridized carbons (Fsp3) is 0.556. The van der Waals surface area contributed by atoms with Crippen molar-refractivity contribution in [1.29, 1.82) is 0 Å². The van der Waals surface area contributed by atoms with E-state index in [-0.39, 0.29) is 0 Å². The summed E-state index contributed by atoms with van der Waals surface area (Å²) in [6.07, 6.45) is 0. The highest BCUT2D eigenvalue weighted by atomic mass is 16.5. The average molecular weight is 503 g/mol. The number of benzene rings is 1. The summed E-state index contributed by atoms with van der Waals surface area (Å²) in [6.45, 7) is 11.6. The predicted octanol–water partition coefficient (Wildman–Crippen LogP) is 2.30. The van der Waals surface area contributed by atoms with Gasteiger partial charge in [-0.25, -0.2) is 9.97 Å². The molecule has 1 N–H and O–H groups in total. The van der Waals surface area contributed by atoms with Crippen molar-refractivity contribution in [1.82, 2.24) is 34.0 Å². The summed E-state index contributed by atoms with van der Waals surface area (Å²) in [7, 11) is 2.06. The van der Waals surface area contributed by atoms with E-state index in [1.807, 2.05) is 43.5 Å². The maximum absolute atomic E-state index is 10.5. The first-order chi connectivity index (χ1) is 17.8. The van der Waals surface area contributed by atoms with Crippen molar-refractivity contribution in [2.75, 3.05) is 44.3 Å². The van der Waals surface area contributed by atoms with Crippen molar-refractivity contribution in [3.8, 4) is 5.95 Å². The lowest BCUT2D eigenvalue weighted by molar-refractivity contribution is 0.0365. The van der Waals surface area contributed by atoms with E-state index >= 15 is 0 Å². The molecule has 4 aromatic rings. The standard InChI is InChI=1S/C27H34N8O2/c1-16-28-19-7-5-6-8-20(19)35(16)26-30-24-23(25(31-26)34-9-11-37-12-10-34)29-21(32(24)4)15-33-13-17-18(14-33)22(17)27(2,3)36/h5-8,17-18,22,36H,9-15H2,1-4H3/t17-,18+,22?. The van der Waals surface area contributed by atoms with Crippen molar-refractivity contribution in [2.24, 2.45) is 24.8 Å². The summed E-state index contributed by atoms with van der Waals surface area (Å²) in [5, 5.41) is 10.5. The van der Waals surface area contributed by atoms with Crippen molar-refractivity contribution in [3.05, 3.63) is 35.9 Å². The predicted molar refractivity (Wildman–Crippen MR) is 141 cm³/mol. The number of anilines is 1. The Morgan fingerprint density at radius 1 is 1.03 bits per heavy atom. The molecular weight excluding hydrogens is 468 g/mol. The second kappa shape index (κ2) is 8.21. The molecule has 3 aliphatic rings. The molecule has 3 atom stereocenters. The van der Waals surface area contributed by atoms with Gasteiger partial charge in [0.2, 0.25) is 5.95 Å². The number of aromatic nitrogens is 6. The molecule has 10 heteroatoms. The van der Waals surface area contributed by atoms with Gasteiger partial charge in [-0.3, -0.25) is 9.47 Å². The van der Waals surface area contributed by atoms with Gasteiger partial charge in [-0.05, 0) is 50.7 Å². The molecule has 194 valence electrons. The molecule has 7 rings (SSSR count). The van der Waals surface area contributed by atoms with E-state index in [1.165, 1.54) is 0 Å². The minimum absolute atomic E-state index is 0.416. The van der Waals surface area contributed by atoms with Crippen LogP contribution in [0.2, 0.25) is 0 Å². The Kier molecular flexibility index (Phi) is 5.12. The minimum atomic E-state index is -0.589. The van der Waals surface area contributed by atoms with Gasteiger partial charge in [0.15, 0.2) is 17.0 Å². The zero-order chi connectivity index (χ0) is 25.5. The fourth-order valence-corrected chi connectivity index (χ4v) is 6.71. The Morgan fingerprint density at radius 2 is 1.76 bits per heavy atom. The van der Waals surface area contributed by atoms with Crippen LogP contribution in [0.25, 0.3) is 28.1 Å². The van der Waals surface area contributed by atoms with Crippen molar-refractivity contribution in [2.45, 2.75) is 32.9 Å². The van der Waals surface area contributed by atoms with E-state index in [2.05, 4.69) is 27.5 Å². The molecule has 2 aliphatic heterocycles. The Labute approximate surface area is 215 Å². The molecule has 0 radical (unpaired) electrons. The number of nitrogens with zero attached hydrogens (tertiary/aromatic N) is 8. The summed E-state index contributed by atoms with van der Waals surface area (Å²) in [5.74, 6) is 4.90. The molecule has 1 saturated carbocycles. The summed E-state index contributed by atoms with van der Waals surface area (Å²) in [5.41, 5.74) is 3.00. The van der Waals surface area contributed by atoms with Crippen molar-refractivity contribution < 1.29 is 9.84 Å². The summed E-state index contributed by atoms with van der Waals surface area (Å²) in [4.78, 5) is 24.7. The van der Waals surface area contributed by atoms with Crippen LogP contribution in [0.5, 0.6) is 0 Å². The molecule has 0 spiro atoms. The van der Waals surface area contributed by atoms with Crippen LogP contribution in [0.4, 0.5) is 5.82 Å². The topological polar surface area (TPSA) is 97.4 Å². The number of rotatable bonds is 5. The molecule has 0 bridgehead atoms. The maximum Gasteiger partial charge on any atom is 0.239 e. The highest BCUT2D eigenvalue weighted by Gasteiger charge is 2.60. The lowest BCUT2D eigenvalue weighted by Gasteiger charge is -2.28. The van der Waals surface area contributed by atoms with Crippen LogP contribution in [0.15, 0.2) is 24.3 Å². The van der Waals surface area contributed by atoms with E-state index < -0.39 is 5.60 Å². The van der Waals surface area contributed by atoms with Crippen LogP contribution < -0.4 is 4.90 Å². The first-order valence-electron chi connectivity index (χ1n) is 13.2. The number of aliphatic hydroxyl groups is 1. The van der Waals surface area contributed by atoms with E-state index in [4.69, 9.17) is 24.7 Å². The molecule has 10 nitrogen and oxygen atoms in total. The normalized spacial score (nSPS) is 24.4. The number of hydrogen-bond acceptors (Lipinski definition) is 8. The van der Waals surface area contributed by atoms with E-state index in [1.54, 1.807) is 0 Å². The SMILES string of the molecule is Cc1nc2ccccc2n1-c1nc(N2CCOCC2)c2nc(CN3C[C@@H]4C(C(C)(C)O)[C@@H]4C3)n(C)c2n1. The molecule has 37 heavy (non-hydrogen) atoms. The highest BCUT2D eigenvalue weighted by Crippen LogP contribution is 2.56. The average Bonchev–Trinajstić information content (AvgIpc) is 3.12. The lowest BCUT2D eigenvalue weighted by Crippen LogP contribution is -2.37. The molecule has 1 aromatic carbocycles. The Balaban J connectivity index is 1.28. The van der Waals surface area contributed by atoms with Gasteiger partial charge in [0.05, 0.1) is 36.4 Å². The van der Waals surface area contributed by atoms with E-state index in [0.717, 1.165) is 72.4 Å². The molecule has 0 amide bonds. The number of piperidine rings is 1. The highest BCUT2D eigenvalue weighted by molar-refractivity contribution is 5.86. The number of hydrogen-bond donors (Lipinski definition) is 1. The molecule has 3 fully saturated rings. The molecule has 5 heterocycles. The van der Waals surface area contributed by atoms with Crippen LogP contribution in [-0.4, -0.2) is 84.1 Å². The minimum Gasteiger partial charge on any atom is -0.390 e.